The van der Waals surface area contributed by atoms with Crippen molar-refractivity contribution in [1.82, 2.24) is 0 Å². The fourth-order valence-electron chi connectivity index (χ4n) is 3.72. The second kappa shape index (κ2) is 3.94. The molecular weight excluding hydrogens is 228 g/mol. The number of aliphatic carboxylic acids is 1. The Morgan fingerprint density at radius 2 is 2.06 bits per heavy atom. The van der Waals surface area contributed by atoms with Gasteiger partial charge in [0, 0.05) is 12.0 Å². The van der Waals surface area contributed by atoms with E-state index in [1.54, 1.807) is 6.07 Å². The summed E-state index contributed by atoms with van der Waals surface area (Å²) >= 11 is 0. The molecule has 0 amide bonds. The summed E-state index contributed by atoms with van der Waals surface area (Å²) in [4.78, 5) is 24.0. The molecule has 1 aromatic rings. The Kier molecular flexibility index (Phi) is 2.51. The third-order valence-electron chi connectivity index (χ3n) is 4.59. The van der Waals surface area contributed by atoms with Crippen molar-refractivity contribution < 1.29 is 14.7 Å². The molecule has 0 radical (unpaired) electrons. The Morgan fingerprint density at radius 1 is 1.28 bits per heavy atom. The first-order valence-electron chi connectivity index (χ1n) is 6.52. The number of carboxylic acid groups (broad SMARTS) is 1. The molecule has 2 unspecified atom stereocenters. The molecule has 94 valence electrons. The van der Waals surface area contributed by atoms with E-state index >= 15 is 0 Å². The van der Waals surface area contributed by atoms with Gasteiger partial charge in [-0.05, 0) is 24.3 Å². The number of carbonyl (C=O) groups is 2. The van der Waals surface area contributed by atoms with E-state index in [4.69, 9.17) is 0 Å². The first kappa shape index (κ1) is 11.5. The predicted molar refractivity (Wildman–Crippen MR) is 66.7 cm³/mol. The van der Waals surface area contributed by atoms with Crippen molar-refractivity contribution >= 4 is 11.8 Å². The van der Waals surface area contributed by atoms with Gasteiger partial charge in [0.25, 0.3) is 0 Å². The van der Waals surface area contributed by atoms with E-state index in [0.717, 1.165) is 24.8 Å². The van der Waals surface area contributed by atoms with Crippen LogP contribution in [0, 0.1) is 5.92 Å². The van der Waals surface area contributed by atoms with E-state index in [2.05, 4.69) is 0 Å². The van der Waals surface area contributed by atoms with Gasteiger partial charge in [-0.1, -0.05) is 37.1 Å². The van der Waals surface area contributed by atoms with Gasteiger partial charge in [0.2, 0.25) is 0 Å². The van der Waals surface area contributed by atoms with E-state index in [9.17, 15) is 14.7 Å². The Morgan fingerprint density at radius 3 is 2.83 bits per heavy atom. The van der Waals surface area contributed by atoms with Gasteiger partial charge in [0.15, 0.2) is 5.78 Å². The van der Waals surface area contributed by atoms with Crippen LogP contribution in [0.2, 0.25) is 0 Å². The second-order valence-electron chi connectivity index (χ2n) is 5.39. The second-order valence-corrected chi connectivity index (χ2v) is 5.39. The zero-order valence-corrected chi connectivity index (χ0v) is 10.2. The third kappa shape index (κ3) is 1.36. The summed E-state index contributed by atoms with van der Waals surface area (Å²) in [6.07, 6.45) is 3.88. The minimum Gasteiger partial charge on any atom is -0.481 e. The quantitative estimate of drug-likeness (QED) is 0.826. The molecule has 0 bridgehead atoms. The first-order chi connectivity index (χ1) is 8.66. The molecule has 0 spiro atoms. The van der Waals surface area contributed by atoms with Gasteiger partial charge in [0.05, 0.1) is 5.41 Å². The first-order valence-corrected chi connectivity index (χ1v) is 6.52. The average Bonchev–Trinajstić information content (AvgIpc) is 2.39. The number of hydrogen-bond acceptors (Lipinski definition) is 2. The topological polar surface area (TPSA) is 54.4 Å². The van der Waals surface area contributed by atoms with Crippen LogP contribution in [0.3, 0.4) is 0 Å². The lowest BCUT2D eigenvalue weighted by atomic mass is 9.57. The van der Waals surface area contributed by atoms with E-state index in [1.807, 2.05) is 18.2 Å². The SMILES string of the molecule is O=C1CC2CCCCC2(C(=O)O)c2ccccc21. The molecule has 1 N–H and O–H groups in total. The molecule has 1 fully saturated rings. The van der Waals surface area contributed by atoms with Crippen LogP contribution >= 0.6 is 0 Å². The largest absolute Gasteiger partial charge is 0.481 e. The molecule has 0 saturated heterocycles. The van der Waals surface area contributed by atoms with Crippen LogP contribution in [0.5, 0.6) is 0 Å². The molecule has 3 nitrogen and oxygen atoms in total. The predicted octanol–water partition coefficient (Wildman–Crippen LogP) is 2.79. The molecule has 0 aliphatic heterocycles. The summed E-state index contributed by atoms with van der Waals surface area (Å²) in [5, 5.41) is 9.75. The molecule has 3 heteroatoms. The Hall–Kier alpha value is -1.64. The molecule has 0 heterocycles. The summed E-state index contributed by atoms with van der Waals surface area (Å²) in [5.41, 5.74) is 0.555. The van der Waals surface area contributed by atoms with E-state index in [-0.39, 0.29) is 11.7 Å². The number of fused-ring (bicyclic) bond motifs is 3. The van der Waals surface area contributed by atoms with Crippen molar-refractivity contribution in [2.24, 2.45) is 5.92 Å². The van der Waals surface area contributed by atoms with E-state index in [1.165, 1.54) is 0 Å². The monoisotopic (exact) mass is 244 g/mol. The highest BCUT2D eigenvalue weighted by molar-refractivity contribution is 6.02. The maximum atomic E-state index is 12.1. The summed E-state index contributed by atoms with van der Waals surface area (Å²) in [7, 11) is 0. The molecule has 2 aliphatic rings. The van der Waals surface area contributed by atoms with Crippen molar-refractivity contribution in [2.75, 3.05) is 0 Å². The van der Waals surface area contributed by atoms with Crippen LogP contribution in [0.1, 0.15) is 48.0 Å². The summed E-state index contributed by atoms with van der Waals surface area (Å²) in [6.45, 7) is 0. The van der Waals surface area contributed by atoms with Crippen molar-refractivity contribution in [2.45, 2.75) is 37.5 Å². The van der Waals surface area contributed by atoms with E-state index < -0.39 is 11.4 Å². The lowest BCUT2D eigenvalue weighted by Crippen LogP contribution is -2.49. The molecule has 1 aromatic carbocycles. The lowest BCUT2D eigenvalue weighted by molar-refractivity contribution is -0.148. The molecule has 2 aliphatic carbocycles. The number of rotatable bonds is 1. The Balaban J connectivity index is 2.24. The van der Waals surface area contributed by atoms with Crippen molar-refractivity contribution in [3.05, 3.63) is 35.4 Å². The number of ketones is 1. The fraction of sp³-hybridized carbons (Fsp3) is 0.467. The van der Waals surface area contributed by atoms with E-state index in [0.29, 0.717) is 18.4 Å². The standard InChI is InChI=1S/C15H16O3/c16-13-9-10-5-3-4-8-15(10,14(17)18)12-7-2-1-6-11(12)13/h1-2,6-7,10H,3-5,8-9H2,(H,17,18). The smallest absolute Gasteiger partial charge is 0.314 e. The lowest BCUT2D eigenvalue weighted by Gasteiger charge is -2.44. The van der Waals surface area contributed by atoms with Gasteiger partial charge in [-0.2, -0.15) is 0 Å². The highest BCUT2D eigenvalue weighted by Gasteiger charge is 2.53. The van der Waals surface area contributed by atoms with Gasteiger partial charge in [0.1, 0.15) is 0 Å². The number of Topliss-reactive ketones (excluding diaryl/α,β-unsaturated/α-hetero) is 1. The van der Waals surface area contributed by atoms with Crippen LogP contribution in [0.4, 0.5) is 0 Å². The number of benzene rings is 1. The maximum Gasteiger partial charge on any atom is 0.314 e. The molecule has 3 rings (SSSR count). The van der Waals surface area contributed by atoms with Gasteiger partial charge in [-0.25, -0.2) is 0 Å². The number of carbonyl (C=O) groups excluding carboxylic acids is 1. The highest BCUT2D eigenvalue weighted by Crippen LogP contribution is 2.50. The van der Waals surface area contributed by atoms with Crippen molar-refractivity contribution in [3.8, 4) is 0 Å². The van der Waals surface area contributed by atoms with Gasteiger partial charge >= 0.3 is 5.97 Å². The minimum atomic E-state index is -0.817. The minimum absolute atomic E-state index is 0.0221. The molecule has 0 aromatic heterocycles. The molecular formula is C15H16O3. The number of hydrogen-bond donors (Lipinski definition) is 1. The van der Waals surface area contributed by atoms with Crippen LogP contribution in [0.15, 0.2) is 24.3 Å². The van der Waals surface area contributed by atoms with Gasteiger partial charge in [-0.15, -0.1) is 0 Å². The highest BCUT2D eigenvalue weighted by atomic mass is 16.4. The summed E-state index contributed by atoms with van der Waals surface area (Å²) in [6, 6.07) is 7.26. The average molecular weight is 244 g/mol. The van der Waals surface area contributed by atoms with Crippen molar-refractivity contribution in [3.63, 3.8) is 0 Å². The summed E-state index contributed by atoms with van der Waals surface area (Å²) in [5.74, 6) is -0.673. The number of carboxylic acids is 1. The van der Waals surface area contributed by atoms with Gasteiger partial charge in [-0.3, -0.25) is 9.59 Å². The van der Waals surface area contributed by atoms with Crippen LogP contribution in [-0.2, 0) is 10.2 Å². The molecule has 18 heavy (non-hydrogen) atoms. The molecule has 2 atom stereocenters. The third-order valence-corrected chi connectivity index (χ3v) is 4.59. The van der Waals surface area contributed by atoms with Crippen molar-refractivity contribution in [1.29, 1.82) is 0 Å². The summed E-state index contributed by atoms with van der Waals surface area (Å²) < 4.78 is 0. The Labute approximate surface area is 106 Å². The van der Waals surface area contributed by atoms with Gasteiger partial charge < -0.3 is 5.11 Å². The zero-order chi connectivity index (χ0) is 12.8. The fourth-order valence-corrected chi connectivity index (χ4v) is 3.72. The zero-order valence-electron chi connectivity index (χ0n) is 10.2. The maximum absolute atomic E-state index is 12.1. The Bertz CT molecular complexity index is 520. The van der Waals surface area contributed by atoms with Crippen LogP contribution in [-0.4, -0.2) is 16.9 Å². The van der Waals surface area contributed by atoms with Crippen LogP contribution < -0.4 is 0 Å². The molecule has 1 saturated carbocycles. The van der Waals surface area contributed by atoms with Crippen LogP contribution in [0.25, 0.3) is 0 Å². The normalized spacial score (nSPS) is 30.4.